The third kappa shape index (κ3) is 1.45. The zero-order valence-electron chi connectivity index (χ0n) is 8.36. The molecule has 0 N–H and O–H groups in total. The fraction of sp³-hybridized carbons (Fsp3) is 0.364. The summed E-state index contributed by atoms with van der Waals surface area (Å²) in [7, 11) is 0. The van der Waals surface area contributed by atoms with Crippen LogP contribution in [0.3, 0.4) is 0 Å². The van der Waals surface area contributed by atoms with E-state index in [0.29, 0.717) is 12.3 Å². The van der Waals surface area contributed by atoms with E-state index in [0.717, 1.165) is 5.56 Å². The molecule has 1 amide bonds. The number of benzene rings is 1. The first-order valence-corrected chi connectivity index (χ1v) is 4.75. The summed E-state index contributed by atoms with van der Waals surface area (Å²) in [4.78, 5) is 13.2. The highest BCUT2D eigenvalue weighted by atomic mass is 16.6. The molecule has 0 saturated heterocycles. The molecular formula is C11H13NO2. The zero-order valence-corrected chi connectivity index (χ0v) is 8.36. The van der Waals surface area contributed by atoms with E-state index in [1.54, 1.807) is 4.90 Å². The molecule has 1 heterocycles. The van der Waals surface area contributed by atoms with Gasteiger partial charge in [-0.25, -0.2) is 4.79 Å². The van der Waals surface area contributed by atoms with Crippen molar-refractivity contribution < 1.29 is 9.53 Å². The Morgan fingerprint density at radius 1 is 1.36 bits per heavy atom. The quantitative estimate of drug-likeness (QED) is 0.682. The molecule has 14 heavy (non-hydrogen) atoms. The number of nitrogens with zero attached hydrogens (tertiary/aromatic N) is 1. The van der Waals surface area contributed by atoms with Gasteiger partial charge in [0.25, 0.3) is 0 Å². The molecule has 74 valence electrons. The first-order valence-electron chi connectivity index (χ1n) is 4.75. The minimum Gasteiger partial charge on any atom is -0.410 e. The largest absolute Gasteiger partial charge is 0.415 e. The average Bonchev–Trinajstić information content (AvgIpc) is 2.16. The summed E-state index contributed by atoms with van der Waals surface area (Å²) in [5.41, 5.74) is 1.07. The van der Waals surface area contributed by atoms with E-state index in [1.165, 1.54) is 0 Å². The summed E-state index contributed by atoms with van der Waals surface area (Å²) < 4.78 is 5.19. The Kier molecular flexibility index (Phi) is 2.15. The van der Waals surface area contributed by atoms with Gasteiger partial charge in [-0.05, 0) is 19.9 Å². The second kappa shape index (κ2) is 3.33. The minimum atomic E-state index is -0.251. The van der Waals surface area contributed by atoms with Crippen molar-refractivity contribution in [3.63, 3.8) is 0 Å². The topological polar surface area (TPSA) is 29.5 Å². The summed E-state index contributed by atoms with van der Waals surface area (Å²) >= 11 is 0. The number of fused-ring (bicyclic) bond motifs is 1. The lowest BCUT2D eigenvalue weighted by Crippen LogP contribution is -2.41. The van der Waals surface area contributed by atoms with Crippen molar-refractivity contribution in [2.75, 3.05) is 0 Å². The number of hydrogen-bond donors (Lipinski definition) is 0. The predicted molar refractivity (Wildman–Crippen MR) is 53.1 cm³/mol. The predicted octanol–water partition coefficient (Wildman–Crippen LogP) is 2.41. The van der Waals surface area contributed by atoms with E-state index in [4.69, 9.17) is 4.74 Å². The molecule has 3 heteroatoms. The van der Waals surface area contributed by atoms with Crippen LogP contribution in [0.4, 0.5) is 4.79 Å². The maximum Gasteiger partial charge on any atom is 0.415 e. The standard InChI is InChI=1S/C11H13NO2/c1-8(2)12-7-9-5-3-4-6-10(9)14-11(12)13/h3-6,8H,7H2,1-2H3. The highest BCUT2D eigenvalue weighted by Crippen LogP contribution is 2.26. The van der Waals surface area contributed by atoms with Crippen LogP contribution in [0.15, 0.2) is 24.3 Å². The Morgan fingerprint density at radius 3 is 2.79 bits per heavy atom. The number of para-hydroxylation sites is 1. The van der Waals surface area contributed by atoms with Crippen molar-refractivity contribution in [1.82, 2.24) is 4.90 Å². The van der Waals surface area contributed by atoms with E-state index < -0.39 is 0 Å². The van der Waals surface area contributed by atoms with Gasteiger partial charge in [0.2, 0.25) is 0 Å². The Labute approximate surface area is 83.3 Å². The fourth-order valence-corrected chi connectivity index (χ4v) is 1.53. The molecule has 0 fully saturated rings. The van der Waals surface area contributed by atoms with Crippen LogP contribution >= 0.6 is 0 Å². The van der Waals surface area contributed by atoms with Gasteiger partial charge in [0, 0.05) is 11.6 Å². The van der Waals surface area contributed by atoms with Gasteiger partial charge < -0.3 is 9.64 Å². The van der Waals surface area contributed by atoms with Crippen LogP contribution in [0.1, 0.15) is 19.4 Å². The second-order valence-corrected chi connectivity index (χ2v) is 3.70. The molecule has 1 aliphatic rings. The smallest absolute Gasteiger partial charge is 0.410 e. The molecule has 0 aliphatic carbocycles. The minimum absolute atomic E-state index is 0.177. The van der Waals surface area contributed by atoms with Gasteiger partial charge in [0.05, 0.1) is 6.54 Å². The van der Waals surface area contributed by atoms with Crippen LogP contribution in [0.25, 0.3) is 0 Å². The molecule has 0 spiro atoms. The summed E-state index contributed by atoms with van der Waals surface area (Å²) in [5.74, 6) is 0.689. The Hall–Kier alpha value is -1.51. The van der Waals surface area contributed by atoms with Crippen molar-refractivity contribution in [2.24, 2.45) is 0 Å². The summed E-state index contributed by atoms with van der Waals surface area (Å²) in [6, 6.07) is 7.81. The molecule has 0 radical (unpaired) electrons. The van der Waals surface area contributed by atoms with Gasteiger partial charge in [-0.2, -0.15) is 0 Å². The molecule has 0 unspecified atom stereocenters. The van der Waals surface area contributed by atoms with E-state index >= 15 is 0 Å². The number of hydrogen-bond acceptors (Lipinski definition) is 2. The van der Waals surface area contributed by atoms with Crippen molar-refractivity contribution >= 4 is 6.09 Å². The van der Waals surface area contributed by atoms with Gasteiger partial charge in [-0.15, -0.1) is 0 Å². The molecule has 1 aromatic carbocycles. The van der Waals surface area contributed by atoms with Gasteiger partial charge in [-0.1, -0.05) is 18.2 Å². The lowest BCUT2D eigenvalue weighted by Gasteiger charge is -2.30. The second-order valence-electron chi connectivity index (χ2n) is 3.70. The number of amides is 1. The van der Waals surface area contributed by atoms with E-state index in [-0.39, 0.29) is 12.1 Å². The maximum atomic E-state index is 11.5. The molecule has 0 atom stereocenters. The summed E-state index contributed by atoms with van der Waals surface area (Å²) in [5, 5.41) is 0. The lowest BCUT2D eigenvalue weighted by molar-refractivity contribution is 0.123. The first kappa shape index (κ1) is 9.06. The molecule has 1 aromatic rings. The summed E-state index contributed by atoms with van der Waals surface area (Å²) in [6.07, 6.45) is -0.251. The van der Waals surface area contributed by atoms with Crippen molar-refractivity contribution in [3.8, 4) is 5.75 Å². The van der Waals surface area contributed by atoms with Crippen LogP contribution in [-0.2, 0) is 6.54 Å². The van der Waals surface area contributed by atoms with Crippen LogP contribution in [0.5, 0.6) is 5.75 Å². The third-order valence-electron chi connectivity index (χ3n) is 2.37. The zero-order chi connectivity index (χ0) is 10.1. The molecule has 2 rings (SSSR count). The Bertz CT molecular complexity index is 360. The van der Waals surface area contributed by atoms with Crippen LogP contribution in [0, 0.1) is 0 Å². The SMILES string of the molecule is CC(C)N1Cc2ccccc2OC1=O. The number of rotatable bonds is 1. The van der Waals surface area contributed by atoms with Gasteiger partial charge in [0.1, 0.15) is 5.75 Å². The Balaban J connectivity index is 2.31. The van der Waals surface area contributed by atoms with Gasteiger partial charge >= 0.3 is 6.09 Å². The molecule has 3 nitrogen and oxygen atoms in total. The number of carbonyl (C=O) groups excluding carboxylic acids is 1. The highest BCUT2D eigenvalue weighted by Gasteiger charge is 2.25. The molecule has 0 bridgehead atoms. The van der Waals surface area contributed by atoms with E-state index in [1.807, 2.05) is 38.1 Å². The van der Waals surface area contributed by atoms with Crippen LogP contribution in [-0.4, -0.2) is 17.0 Å². The lowest BCUT2D eigenvalue weighted by atomic mass is 10.1. The monoisotopic (exact) mass is 191 g/mol. The summed E-state index contributed by atoms with van der Waals surface area (Å²) in [6.45, 7) is 4.61. The van der Waals surface area contributed by atoms with Gasteiger partial charge in [-0.3, -0.25) is 0 Å². The van der Waals surface area contributed by atoms with Crippen LogP contribution < -0.4 is 4.74 Å². The van der Waals surface area contributed by atoms with Crippen molar-refractivity contribution in [1.29, 1.82) is 0 Å². The van der Waals surface area contributed by atoms with E-state index in [2.05, 4.69) is 0 Å². The highest BCUT2D eigenvalue weighted by molar-refractivity contribution is 5.73. The first-order chi connectivity index (χ1) is 6.68. The van der Waals surface area contributed by atoms with Gasteiger partial charge in [0.15, 0.2) is 0 Å². The third-order valence-corrected chi connectivity index (χ3v) is 2.37. The van der Waals surface area contributed by atoms with Crippen molar-refractivity contribution in [3.05, 3.63) is 29.8 Å². The average molecular weight is 191 g/mol. The Morgan fingerprint density at radius 2 is 2.07 bits per heavy atom. The number of ether oxygens (including phenoxy) is 1. The normalized spacial score (nSPS) is 15.4. The van der Waals surface area contributed by atoms with E-state index in [9.17, 15) is 4.79 Å². The maximum absolute atomic E-state index is 11.5. The fourth-order valence-electron chi connectivity index (χ4n) is 1.53. The van der Waals surface area contributed by atoms with Crippen molar-refractivity contribution in [2.45, 2.75) is 26.4 Å². The molecule has 0 aromatic heterocycles. The molecular weight excluding hydrogens is 178 g/mol. The number of carbonyl (C=O) groups is 1. The van der Waals surface area contributed by atoms with Crippen LogP contribution in [0.2, 0.25) is 0 Å². The molecule has 0 saturated carbocycles. The molecule has 1 aliphatic heterocycles.